The maximum Gasteiger partial charge on any atom is 0.326 e. The van der Waals surface area contributed by atoms with E-state index < -0.39 is 5.97 Å². The van der Waals surface area contributed by atoms with Gasteiger partial charge in [0.05, 0.1) is 18.8 Å². The molecule has 11 heteroatoms. The maximum absolute atomic E-state index is 13.0. The first-order valence-electron chi connectivity index (χ1n) is 9.75. The van der Waals surface area contributed by atoms with Crippen molar-refractivity contribution in [2.24, 2.45) is 0 Å². The molecule has 9 nitrogen and oxygen atoms in total. The SMILES string of the molecule is COc1ccc(-c2nc(COC(=O)Cn3cnc4scc(-c5cccs5)c4c3=O)no2)cc1. The Morgan fingerprint density at radius 3 is 2.79 bits per heavy atom. The van der Waals surface area contributed by atoms with Gasteiger partial charge in [-0.05, 0) is 35.7 Å². The molecule has 166 valence electrons. The smallest absolute Gasteiger partial charge is 0.326 e. The van der Waals surface area contributed by atoms with Gasteiger partial charge in [-0.15, -0.1) is 22.7 Å². The van der Waals surface area contributed by atoms with E-state index >= 15 is 0 Å². The Labute approximate surface area is 194 Å². The zero-order valence-corrected chi connectivity index (χ0v) is 18.9. The Morgan fingerprint density at radius 1 is 1.18 bits per heavy atom. The number of rotatable bonds is 7. The molecule has 0 spiro atoms. The van der Waals surface area contributed by atoms with Crippen LogP contribution in [0.25, 0.3) is 32.1 Å². The number of methoxy groups -OCH3 is 1. The lowest BCUT2D eigenvalue weighted by atomic mass is 10.2. The molecule has 0 atom stereocenters. The molecule has 1 aromatic carbocycles. The number of thiophene rings is 2. The highest BCUT2D eigenvalue weighted by Gasteiger charge is 2.16. The lowest BCUT2D eigenvalue weighted by Gasteiger charge is -2.05. The quantitative estimate of drug-likeness (QED) is 0.322. The van der Waals surface area contributed by atoms with Crippen molar-refractivity contribution in [1.29, 1.82) is 0 Å². The highest BCUT2D eigenvalue weighted by Crippen LogP contribution is 2.33. The summed E-state index contributed by atoms with van der Waals surface area (Å²) >= 11 is 2.94. The summed E-state index contributed by atoms with van der Waals surface area (Å²) in [5.74, 6) is 0.614. The number of hydrogen-bond donors (Lipinski definition) is 0. The first kappa shape index (κ1) is 21.0. The van der Waals surface area contributed by atoms with Gasteiger partial charge in [-0.2, -0.15) is 4.98 Å². The molecule has 33 heavy (non-hydrogen) atoms. The number of aromatic nitrogens is 4. The number of carbonyl (C=O) groups is 1. The molecule has 0 N–H and O–H groups in total. The number of fused-ring (bicyclic) bond motifs is 1. The largest absolute Gasteiger partial charge is 0.497 e. The predicted molar refractivity (Wildman–Crippen MR) is 123 cm³/mol. The van der Waals surface area contributed by atoms with Crippen LogP contribution in [0.3, 0.4) is 0 Å². The molecule has 0 saturated heterocycles. The standard InChI is InChI=1S/C22H16N4O5S2/c1-29-14-6-4-13(5-7-14)20-24-17(25-31-20)10-30-18(27)9-26-12-23-21-19(22(26)28)15(11-33-21)16-3-2-8-32-16/h2-8,11-12H,9-10H2,1H3. The summed E-state index contributed by atoms with van der Waals surface area (Å²) in [5.41, 5.74) is 1.25. The molecule has 0 saturated carbocycles. The summed E-state index contributed by atoms with van der Waals surface area (Å²) in [7, 11) is 1.58. The average Bonchev–Trinajstić information content (AvgIpc) is 3.60. The van der Waals surface area contributed by atoms with Gasteiger partial charge in [-0.3, -0.25) is 14.2 Å². The van der Waals surface area contributed by atoms with Crippen molar-refractivity contribution in [2.45, 2.75) is 13.2 Å². The van der Waals surface area contributed by atoms with Gasteiger partial charge in [0.1, 0.15) is 17.1 Å². The molecule has 0 amide bonds. The van der Waals surface area contributed by atoms with Gasteiger partial charge in [-0.1, -0.05) is 11.2 Å². The first-order chi connectivity index (χ1) is 16.1. The van der Waals surface area contributed by atoms with Gasteiger partial charge in [0.2, 0.25) is 5.82 Å². The fraction of sp³-hybridized carbons (Fsp3) is 0.136. The Hall–Kier alpha value is -3.83. The van der Waals surface area contributed by atoms with Crippen molar-refractivity contribution in [3.63, 3.8) is 0 Å². The number of ether oxygens (including phenoxy) is 2. The van der Waals surface area contributed by atoms with Crippen LogP contribution >= 0.6 is 22.7 Å². The average molecular weight is 481 g/mol. The molecule has 0 aliphatic rings. The highest BCUT2D eigenvalue weighted by molar-refractivity contribution is 7.18. The van der Waals surface area contributed by atoms with E-state index in [1.807, 2.05) is 22.9 Å². The molecule has 0 aliphatic carbocycles. The van der Waals surface area contributed by atoms with Crippen molar-refractivity contribution in [3.8, 4) is 27.6 Å². The normalized spacial score (nSPS) is 11.1. The fourth-order valence-corrected chi connectivity index (χ4v) is 4.91. The highest BCUT2D eigenvalue weighted by atomic mass is 32.1. The van der Waals surface area contributed by atoms with Gasteiger partial charge < -0.3 is 14.0 Å². The van der Waals surface area contributed by atoms with Crippen molar-refractivity contribution in [1.82, 2.24) is 19.7 Å². The Kier molecular flexibility index (Phi) is 5.71. The molecular formula is C22H16N4O5S2. The van der Waals surface area contributed by atoms with Crippen LogP contribution in [0.15, 0.2) is 62.8 Å². The molecule has 5 rings (SSSR count). The zero-order chi connectivity index (χ0) is 22.8. The van der Waals surface area contributed by atoms with Crippen LogP contribution in [0.5, 0.6) is 5.75 Å². The van der Waals surface area contributed by atoms with Crippen LogP contribution in [-0.4, -0.2) is 32.8 Å². The van der Waals surface area contributed by atoms with E-state index in [2.05, 4.69) is 15.1 Å². The van der Waals surface area contributed by atoms with Crippen LogP contribution in [-0.2, 0) is 22.7 Å². The minimum atomic E-state index is -0.609. The molecule has 0 unspecified atom stereocenters. The van der Waals surface area contributed by atoms with Gasteiger partial charge in [0, 0.05) is 21.4 Å². The molecule has 5 aromatic rings. The minimum Gasteiger partial charge on any atom is -0.497 e. The number of esters is 1. The van der Waals surface area contributed by atoms with E-state index in [1.165, 1.54) is 22.2 Å². The lowest BCUT2D eigenvalue weighted by Crippen LogP contribution is -2.25. The second kappa shape index (κ2) is 8.96. The van der Waals surface area contributed by atoms with Crippen molar-refractivity contribution >= 4 is 38.9 Å². The molecule has 4 aromatic heterocycles. The zero-order valence-electron chi connectivity index (χ0n) is 17.3. The van der Waals surface area contributed by atoms with Crippen LogP contribution in [0, 0.1) is 0 Å². The third kappa shape index (κ3) is 4.28. The molecule has 0 bridgehead atoms. The summed E-state index contributed by atoms with van der Waals surface area (Å²) in [6, 6.07) is 11.0. The topological polar surface area (TPSA) is 109 Å². The molecule has 0 aliphatic heterocycles. The third-order valence-corrected chi connectivity index (χ3v) is 6.60. The van der Waals surface area contributed by atoms with Gasteiger partial charge in [-0.25, -0.2) is 4.98 Å². The van der Waals surface area contributed by atoms with E-state index in [-0.39, 0.29) is 24.5 Å². The second-order valence-corrected chi connectivity index (χ2v) is 8.70. The Morgan fingerprint density at radius 2 is 2.03 bits per heavy atom. The van der Waals surface area contributed by atoms with Crippen LogP contribution in [0.4, 0.5) is 0 Å². The predicted octanol–water partition coefficient (Wildman–Crippen LogP) is 3.99. The molecular weight excluding hydrogens is 464 g/mol. The summed E-state index contributed by atoms with van der Waals surface area (Å²) in [5, 5.41) is 8.19. The summed E-state index contributed by atoms with van der Waals surface area (Å²) in [6.07, 6.45) is 1.36. The number of nitrogens with zero attached hydrogens (tertiary/aromatic N) is 4. The van der Waals surface area contributed by atoms with Crippen LogP contribution < -0.4 is 10.3 Å². The Balaban J connectivity index is 1.27. The lowest BCUT2D eigenvalue weighted by molar-refractivity contribution is -0.146. The van der Waals surface area contributed by atoms with Crippen molar-refractivity contribution in [2.75, 3.05) is 7.11 Å². The van der Waals surface area contributed by atoms with Gasteiger partial charge in [0.25, 0.3) is 11.4 Å². The van der Waals surface area contributed by atoms with E-state index in [4.69, 9.17) is 14.0 Å². The molecule has 0 fully saturated rings. The monoisotopic (exact) mass is 480 g/mol. The maximum atomic E-state index is 13.0. The minimum absolute atomic E-state index is 0.179. The summed E-state index contributed by atoms with van der Waals surface area (Å²) in [6.45, 7) is -0.452. The van der Waals surface area contributed by atoms with Gasteiger partial charge >= 0.3 is 5.97 Å². The van der Waals surface area contributed by atoms with Crippen LogP contribution in [0.2, 0.25) is 0 Å². The van der Waals surface area contributed by atoms with E-state index in [0.29, 0.717) is 27.4 Å². The number of hydrogen-bond acceptors (Lipinski definition) is 10. The molecule has 4 heterocycles. The van der Waals surface area contributed by atoms with Crippen molar-refractivity contribution < 1.29 is 18.8 Å². The van der Waals surface area contributed by atoms with E-state index in [1.54, 1.807) is 42.7 Å². The first-order valence-corrected chi connectivity index (χ1v) is 11.5. The number of benzene rings is 1. The van der Waals surface area contributed by atoms with E-state index in [0.717, 1.165) is 10.4 Å². The Bertz CT molecular complexity index is 1470. The third-order valence-electron chi connectivity index (χ3n) is 4.81. The second-order valence-electron chi connectivity index (χ2n) is 6.89. The van der Waals surface area contributed by atoms with Crippen LogP contribution in [0.1, 0.15) is 5.82 Å². The van der Waals surface area contributed by atoms with Gasteiger partial charge in [0.15, 0.2) is 6.61 Å². The van der Waals surface area contributed by atoms with E-state index in [9.17, 15) is 9.59 Å². The fourth-order valence-electron chi connectivity index (χ4n) is 3.19. The van der Waals surface area contributed by atoms with Crippen molar-refractivity contribution in [3.05, 3.63) is 69.7 Å². The summed E-state index contributed by atoms with van der Waals surface area (Å²) < 4.78 is 16.8. The molecule has 0 radical (unpaired) electrons. The number of carbonyl (C=O) groups excluding carboxylic acids is 1. The summed E-state index contributed by atoms with van der Waals surface area (Å²) in [4.78, 5) is 35.5.